The minimum atomic E-state index is -0.759. The Balaban J connectivity index is 1.54. The second kappa shape index (κ2) is 8.67. The van der Waals surface area contributed by atoms with E-state index in [1.54, 1.807) is 18.2 Å². The lowest BCUT2D eigenvalue weighted by Crippen LogP contribution is -2.34. The molecule has 140 valence electrons. The lowest BCUT2D eigenvalue weighted by Gasteiger charge is -2.07. The number of aliphatic hydroxyl groups excluding tert-OH is 1. The molecular formula is C19H17ClN2O3S2. The van der Waals surface area contributed by atoms with Gasteiger partial charge < -0.3 is 15.7 Å². The third-order valence-corrected chi connectivity index (χ3v) is 6.29. The molecule has 0 fully saturated rings. The molecule has 5 nitrogen and oxygen atoms in total. The van der Waals surface area contributed by atoms with Gasteiger partial charge in [0.2, 0.25) is 0 Å². The topological polar surface area (TPSA) is 78.4 Å². The Hall–Kier alpha value is -2.19. The van der Waals surface area contributed by atoms with Crippen LogP contribution in [-0.4, -0.2) is 16.9 Å². The first-order valence-electron chi connectivity index (χ1n) is 8.09. The summed E-state index contributed by atoms with van der Waals surface area (Å²) in [7, 11) is 0. The summed E-state index contributed by atoms with van der Waals surface area (Å²) in [6, 6.07) is 12.5. The molecule has 1 aromatic carbocycles. The molecule has 0 aliphatic rings. The summed E-state index contributed by atoms with van der Waals surface area (Å²) in [5, 5.41) is 17.8. The minimum Gasteiger partial charge on any atom is -0.382 e. The van der Waals surface area contributed by atoms with Crippen molar-refractivity contribution < 1.29 is 14.7 Å². The molecule has 0 bridgehead atoms. The number of rotatable bonds is 5. The summed E-state index contributed by atoms with van der Waals surface area (Å²) in [6.07, 6.45) is -0.672. The van der Waals surface area contributed by atoms with Crippen LogP contribution in [0.1, 0.15) is 26.3 Å². The highest BCUT2D eigenvalue weighted by Crippen LogP contribution is 2.30. The predicted molar refractivity (Wildman–Crippen MR) is 109 cm³/mol. The second-order valence-corrected chi connectivity index (χ2v) is 8.41. The van der Waals surface area contributed by atoms with Crippen LogP contribution in [0.3, 0.4) is 0 Å². The van der Waals surface area contributed by atoms with Crippen molar-refractivity contribution in [2.45, 2.75) is 19.6 Å². The van der Waals surface area contributed by atoms with E-state index in [-0.39, 0.29) is 6.54 Å². The molecule has 3 rings (SSSR count). The van der Waals surface area contributed by atoms with Gasteiger partial charge in [-0.3, -0.25) is 9.59 Å². The van der Waals surface area contributed by atoms with Gasteiger partial charge in [-0.2, -0.15) is 0 Å². The summed E-state index contributed by atoms with van der Waals surface area (Å²) < 4.78 is 0. The number of aliphatic hydroxyl groups is 1. The van der Waals surface area contributed by atoms with Crippen LogP contribution in [0, 0.1) is 6.92 Å². The van der Waals surface area contributed by atoms with Crippen LogP contribution in [-0.2, 0) is 16.1 Å². The zero-order valence-corrected chi connectivity index (χ0v) is 16.8. The van der Waals surface area contributed by atoms with Gasteiger partial charge in [0, 0.05) is 25.3 Å². The van der Waals surface area contributed by atoms with E-state index in [0.717, 1.165) is 20.2 Å². The highest BCUT2D eigenvalue weighted by atomic mass is 35.5. The third kappa shape index (κ3) is 4.95. The molecule has 0 saturated carbocycles. The quantitative estimate of drug-likeness (QED) is 0.543. The Morgan fingerprint density at radius 2 is 1.96 bits per heavy atom. The lowest BCUT2D eigenvalue weighted by atomic mass is 10.2. The van der Waals surface area contributed by atoms with Gasteiger partial charge in [-0.25, -0.2) is 0 Å². The smallest absolute Gasteiger partial charge is 0.313 e. The van der Waals surface area contributed by atoms with Crippen molar-refractivity contribution in [2.24, 2.45) is 0 Å². The van der Waals surface area contributed by atoms with E-state index < -0.39 is 17.9 Å². The Morgan fingerprint density at radius 3 is 2.67 bits per heavy atom. The molecule has 0 aliphatic heterocycles. The largest absolute Gasteiger partial charge is 0.382 e. The molecule has 8 heteroatoms. The maximum atomic E-state index is 12.0. The van der Waals surface area contributed by atoms with Gasteiger partial charge in [0.05, 0.1) is 6.54 Å². The molecule has 3 aromatic rings. The first-order valence-corrected chi connectivity index (χ1v) is 10.2. The van der Waals surface area contributed by atoms with Crippen molar-refractivity contribution in [3.63, 3.8) is 0 Å². The van der Waals surface area contributed by atoms with Gasteiger partial charge in [0.25, 0.3) is 0 Å². The number of halogens is 1. The van der Waals surface area contributed by atoms with Gasteiger partial charge in [-0.1, -0.05) is 23.7 Å². The van der Waals surface area contributed by atoms with E-state index in [9.17, 15) is 14.7 Å². The third-order valence-electron chi connectivity index (χ3n) is 3.82. The molecular weight excluding hydrogens is 404 g/mol. The van der Waals surface area contributed by atoms with Crippen LogP contribution < -0.4 is 10.6 Å². The highest BCUT2D eigenvalue weighted by Gasteiger charge is 2.16. The molecule has 3 N–H and O–H groups in total. The first kappa shape index (κ1) is 19.6. The van der Waals surface area contributed by atoms with Gasteiger partial charge in [-0.05, 0) is 48.2 Å². The molecule has 2 amide bonds. The number of carbonyl (C=O) groups excluding carboxylic acids is 2. The summed E-state index contributed by atoms with van der Waals surface area (Å²) >= 11 is 8.89. The van der Waals surface area contributed by atoms with E-state index in [1.165, 1.54) is 22.7 Å². The fourth-order valence-corrected chi connectivity index (χ4v) is 4.27. The van der Waals surface area contributed by atoms with Crippen molar-refractivity contribution in [3.05, 3.63) is 73.1 Å². The van der Waals surface area contributed by atoms with Crippen LogP contribution in [0.5, 0.6) is 0 Å². The molecule has 2 heterocycles. The zero-order chi connectivity index (χ0) is 19.4. The number of hydrogen-bond acceptors (Lipinski definition) is 5. The highest BCUT2D eigenvalue weighted by molar-refractivity contribution is 7.12. The summed E-state index contributed by atoms with van der Waals surface area (Å²) in [5.41, 5.74) is 1.35. The van der Waals surface area contributed by atoms with Crippen LogP contribution in [0.2, 0.25) is 5.02 Å². The number of nitrogens with one attached hydrogen (secondary N) is 2. The number of amides is 2. The van der Waals surface area contributed by atoms with Crippen molar-refractivity contribution in [3.8, 4) is 0 Å². The average molecular weight is 421 g/mol. The van der Waals surface area contributed by atoms with Gasteiger partial charge in [-0.15, -0.1) is 22.7 Å². The van der Waals surface area contributed by atoms with Gasteiger partial charge in [0.15, 0.2) is 0 Å². The number of carbonyl (C=O) groups is 2. The predicted octanol–water partition coefficient (Wildman–Crippen LogP) is 4.11. The zero-order valence-electron chi connectivity index (χ0n) is 14.4. The SMILES string of the molecule is Cc1ccc(NC(=O)C(=O)NCc2ccc(C(O)c3cccs3)s2)cc1Cl. The van der Waals surface area contributed by atoms with Crippen LogP contribution in [0.15, 0.2) is 47.8 Å². The molecule has 1 atom stereocenters. The maximum absolute atomic E-state index is 12.0. The lowest BCUT2D eigenvalue weighted by molar-refractivity contribution is -0.136. The Kier molecular flexibility index (Phi) is 6.28. The Bertz CT molecular complexity index is 954. The molecule has 27 heavy (non-hydrogen) atoms. The number of anilines is 1. The Morgan fingerprint density at radius 1 is 1.15 bits per heavy atom. The fourth-order valence-electron chi connectivity index (χ4n) is 2.33. The van der Waals surface area contributed by atoms with E-state index in [2.05, 4.69) is 10.6 Å². The molecule has 0 spiro atoms. The standard InChI is InChI=1S/C19H17ClN2O3S2/c1-11-4-5-12(9-14(11)20)22-19(25)18(24)21-10-13-6-7-16(27-13)17(23)15-3-2-8-26-15/h2-9,17,23H,10H2,1H3,(H,21,24)(H,22,25). The second-order valence-electron chi connectivity index (χ2n) is 5.82. The Labute approximate surface area is 169 Å². The molecule has 0 radical (unpaired) electrons. The normalized spacial score (nSPS) is 11.8. The number of hydrogen-bond donors (Lipinski definition) is 3. The van der Waals surface area contributed by atoms with Gasteiger partial charge in [0.1, 0.15) is 6.10 Å². The van der Waals surface area contributed by atoms with Crippen molar-refractivity contribution in [1.29, 1.82) is 0 Å². The van der Waals surface area contributed by atoms with Crippen molar-refractivity contribution in [1.82, 2.24) is 5.32 Å². The van der Waals surface area contributed by atoms with E-state index >= 15 is 0 Å². The number of benzene rings is 1. The van der Waals surface area contributed by atoms with Gasteiger partial charge >= 0.3 is 11.8 Å². The summed E-state index contributed by atoms with van der Waals surface area (Å²) in [5.74, 6) is -1.49. The van der Waals surface area contributed by atoms with Crippen molar-refractivity contribution in [2.75, 3.05) is 5.32 Å². The summed E-state index contributed by atoms with van der Waals surface area (Å²) in [4.78, 5) is 26.5. The van der Waals surface area contributed by atoms with Crippen LogP contribution in [0.25, 0.3) is 0 Å². The van der Waals surface area contributed by atoms with Crippen molar-refractivity contribution >= 4 is 51.8 Å². The number of aryl methyl sites for hydroxylation is 1. The average Bonchev–Trinajstić information content (AvgIpc) is 3.34. The molecule has 2 aromatic heterocycles. The minimum absolute atomic E-state index is 0.211. The van der Waals surface area contributed by atoms with E-state index in [4.69, 9.17) is 11.6 Å². The molecule has 1 unspecified atom stereocenters. The van der Waals surface area contributed by atoms with E-state index in [1.807, 2.05) is 36.6 Å². The van der Waals surface area contributed by atoms with E-state index in [0.29, 0.717) is 10.7 Å². The van der Waals surface area contributed by atoms with Crippen LogP contribution >= 0.6 is 34.3 Å². The summed E-state index contributed by atoms with van der Waals surface area (Å²) in [6.45, 7) is 2.06. The van der Waals surface area contributed by atoms with Crippen LogP contribution in [0.4, 0.5) is 5.69 Å². The molecule has 0 saturated heterocycles. The first-order chi connectivity index (χ1) is 12.9. The maximum Gasteiger partial charge on any atom is 0.313 e. The molecule has 0 aliphatic carbocycles. The fraction of sp³-hybridized carbons (Fsp3) is 0.158. The number of thiophene rings is 2. The monoisotopic (exact) mass is 420 g/mol.